The predicted molar refractivity (Wildman–Crippen MR) is 79.5 cm³/mol. The Kier molecular flexibility index (Phi) is 3.58. The number of nitrogens with two attached hydrogens (primary N) is 1. The van der Waals surface area contributed by atoms with Gasteiger partial charge in [-0.1, -0.05) is 0 Å². The highest BCUT2D eigenvalue weighted by atomic mass is 32.2. The number of carboxylic acids is 1. The number of carbonyl (C=O) groups excluding carboxylic acids is 3. The van der Waals surface area contributed by atoms with Crippen molar-refractivity contribution in [2.24, 2.45) is 5.73 Å². The zero-order chi connectivity index (χ0) is 17.2. The van der Waals surface area contributed by atoms with Gasteiger partial charge in [0.2, 0.25) is 11.4 Å². The summed E-state index contributed by atoms with van der Waals surface area (Å²) in [5.74, 6) is -3.27. The van der Waals surface area contributed by atoms with Crippen molar-refractivity contribution in [2.45, 2.75) is 60.4 Å². The standard InChI is InChI=1S/C14H18N2O6S/c1-13-5-6(17)3-2-4-7(18)9(19)14(13,12(21)22)16-10(20)8(15)11(16)23-13/h7-8,11,18H,2-5,15H2,1H3,(H,21,22)/t7?,8-,11-,13?,14+/m1/s1. The third-order valence-electron chi connectivity index (χ3n) is 5.03. The maximum atomic E-state index is 12.9. The largest absolute Gasteiger partial charge is 0.479 e. The minimum atomic E-state index is -2.26. The smallest absolute Gasteiger partial charge is 0.339 e. The third-order valence-corrected chi connectivity index (χ3v) is 6.73. The molecule has 2 aliphatic heterocycles. The molecule has 1 saturated carbocycles. The summed E-state index contributed by atoms with van der Waals surface area (Å²) < 4.78 is -1.35. The SMILES string of the molecule is CC12CC(=O)CCCC(O)C(=O)[C@@]1(C(=O)O)N1C(=O)[C@@H](N)[C@H]1S2. The summed E-state index contributed by atoms with van der Waals surface area (Å²) in [5.41, 5.74) is 3.48. The van der Waals surface area contributed by atoms with Gasteiger partial charge >= 0.3 is 5.97 Å². The first kappa shape index (κ1) is 16.4. The number of hydrogen-bond donors (Lipinski definition) is 3. The lowest BCUT2D eigenvalue weighted by atomic mass is 9.73. The van der Waals surface area contributed by atoms with Crippen molar-refractivity contribution >= 4 is 35.2 Å². The molecule has 3 aliphatic rings. The molecule has 8 nitrogen and oxygen atoms in total. The number of thioether (sulfide) groups is 1. The van der Waals surface area contributed by atoms with Crippen molar-refractivity contribution in [1.82, 2.24) is 4.90 Å². The molecule has 1 amide bonds. The van der Waals surface area contributed by atoms with Crippen LogP contribution in [0.15, 0.2) is 0 Å². The Morgan fingerprint density at radius 2 is 2.04 bits per heavy atom. The Labute approximate surface area is 136 Å². The van der Waals surface area contributed by atoms with Gasteiger partial charge in [0.05, 0.1) is 4.75 Å². The van der Waals surface area contributed by atoms with Crippen LogP contribution in [0, 0.1) is 0 Å². The van der Waals surface area contributed by atoms with Gasteiger partial charge in [-0.15, -0.1) is 11.8 Å². The van der Waals surface area contributed by atoms with Crippen molar-refractivity contribution in [3.63, 3.8) is 0 Å². The number of aliphatic carboxylic acids is 1. The molecular weight excluding hydrogens is 324 g/mol. The average Bonchev–Trinajstić information content (AvgIpc) is 2.73. The molecule has 0 aromatic rings. The van der Waals surface area contributed by atoms with Crippen LogP contribution in [0.25, 0.3) is 0 Å². The highest BCUT2D eigenvalue weighted by Crippen LogP contribution is 2.59. The van der Waals surface area contributed by atoms with Crippen molar-refractivity contribution < 1.29 is 29.4 Å². The number of amides is 1. The fraction of sp³-hybridized carbons (Fsp3) is 0.714. The normalized spacial score (nSPS) is 43.9. The minimum absolute atomic E-state index is 0.000892. The van der Waals surface area contributed by atoms with Gasteiger partial charge in [0.25, 0.3) is 0 Å². The zero-order valence-electron chi connectivity index (χ0n) is 12.5. The van der Waals surface area contributed by atoms with Gasteiger partial charge in [-0.25, -0.2) is 4.79 Å². The molecule has 0 aromatic carbocycles. The van der Waals surface area contributed by atoms with Crippen molar-refractivity contribution in [2.75, 3.05) is 0 Å². The van der Waals surface area contributed by atoms with Crippen LogP contribution in [0.3, 0.4) is 0 Å². The summed E-state index contributed by atoms with van der Waals surface area (Å²) in [4.78, 5) is 50.3. The number of aliphatic hydroxyl groups is 1. The lowest BCUT2D eigenvalue weighted by molar-refractivity contribution is -0.177. The number of nitrogens with zero attached hydrogens (tertiary/aromatic N) is 1. The first-order valence-electron chi connectivity index (χ1n) is 7.41. The molecule has 9 heteroatoms. The van der Waals surface area contributed by atoms with Crippen LogP contribution in [-0.4, -0.2) is 66.4 Å². The van der Waals surface area contributed by atoms with E-state index < -0.39 is 45.5 Å². The number of Topliss-reactive ketones (excluding diaryl/α,β-unsaturated/α-hetero) is 2. The third kappa shape index (κ3) is 1.87. The van der Waals surface area contributed by atoms with E-state index in [0.717, 1.165) is 16.7 Å². The summed E-state index contributed by atoms with van der Waals surface area (Å²) >= 11 is 1.07. The van der Waals surface area contributed by atoms with Gasteiger partial charge in [0.1, 0.15) is 23.3 Å². The van der Waals surface area contributed by atoms with Crippen molar-refractivity contribution in [3.05, 3.63) is 0 Å². The molecule has 0 aromatic heterocycles. The van der Waals surface area contributed by atoms with Crippen molar-refractivity contribution in [1.29, 1.82) is 0 Å². The first-order chi connectivity index (χ1) is 10.7. The summed E-state index contributed by atoms with van der Waals surface area (Å²) in [7, 11) is 0. The van der Waals surface area contributed by atoms with Crippen LogP contribution < -0.4 is 5.73 Å². The maximum absolute atomic E-state index is 12.9. The number of aliphatic hydroxyl groups excluding tert-OH is 1. The number of β-lactam (4-membered cyclic amide) rings is 1. The zero-order valence-corrected chi connectivity index (χ0v) is 13.3. The van der Waals surface area contributed by atoms with Crippen LogP contribution in [-0.2, 0) is 19.2 Å². The van der Waals surface area contributed by atoms with E-state index >= 15 is 0 Å². The van der Waals surface area contributed by atoms with Gasteiger partial charge in [0, 0.05) is 12.8 Å². The van der Waals surface area contributed by atoms with Crippen molar-refractivity contribution in [3.8, 4) is 0 Å². The lowest BCUT2D eigenvalue weighted by Gasteiger charge is -2.48. The van der Waals surface area contributed by atoms with Crippen LogP contribution in [0.5, 0.6) is 0 Å². The topological polar surface area (TPSA) is 138 Å². The molecule has 126 valence electrons. The van der Waals surface area contributed by atoms with Crippen LogP contribution in [0.2, 0.25) is 0 Å². The molecule has 0 bridgehead atoms. The lowest BCUT2D eigenvalue weighted by Crippen LogP contribution is -2.78. The molecule has 23 heavy (non-hydrogen) atoms. The Bertz CT molecular complexity index is 624. The fourth-order valence-corrected chi connectivity index (χ4v) is 5.75. The number of carboxylic acid groups (broad SMARTS) is 1. The monoisotopic (exact) mass is 342 g/mol. The summed E-state index contributed by atoms with van der Waals surface area (Å²) in [6.07, 6.45) is -1.21. The molecular formula is C14H18N2O6S. The van der Waals surface area contributed by atoms with E-state index in [2.05, 4.69) is 0 Å². The molecule has 3 rings (SSSR count). The van der Waals surface area contributed by atoms with E-state index in [4.69, 9.17) is 5.73 Å². The number of rotatable bonds is 1. The Morgan fingerprint density at radius 3 is 2.65 bits per heavy atom. The summed E-state index contributed by atoms with van der Waals surface area (Å²) in [6.45, 7) is 1.50. The quantitative estimate of drug-likeness (QED) is 0.402. The molecule has 3 fully saturated rings. The van der Waals surface area contributed by atoms with Crippen LogP contribution >= 0.6 is 11.8 Å². The number of fused-ring (bicyclic) bond motifs is 3. The van der Waals surface area contributed by atoms with E-state index in [1.165, 1.54) is 6.92 Å². The summed E-state index contributed by atoms with van der Waals surface area (Å²) in [6, 6.07) is -0.900. The molecule has 4 N–H and O–H groups in total. The molecule has 2 unspecified atom stereocenters. The first-order valence-corrected chi connectivity index (χ1v) is 8.29. The highest BCUT2D eigenvalue weighted by molar-refractivity contribution is 8.01. The van der Waals surface area contributed by atoms with Gasteiger partial charge in [0.15, 0.2) is 5.78 Å². The Morgan fingerprint density at radius 1 is 1.39 bits per heavy atom. The molecule has 1 aliphatic carbocycles. The highest BCUT2D eigenvalue weighted by Gasteiger charge is 2.77. The average molecular weight is 342 g/mol. The predicted octanol–water partition coefficient (Wildman–Crippen LogP) is -1.12. The molecule has 5 atom stereocenters. The van der Waals surface area contributed by atoms with E-state index in [1.807, 2.05) is 0 Å². The van der Waals surface area contributed by atoms with Gasteiger partial charge < -0.3 is 20.8 Å². The Balaban J connectivity index is 2.21. The van der Waals surface area contributed by atoms with Gasteiger partial charge in [-0.2, -0.15) is 0 Å². The van der Waals surface area contributed by atoms with Gasteiger partial charge in [-0.05, 0) is 19.8 Å². The molecule has 0 radical (unpaired) electrons. The van der Waals surface area contributed by atoms with E-state index in [-0.39, 0.29) is 25.0 Å². The second-order valence-corrected chi connectivity index (χ2v) is 8.10. The fourth-order valence-electron chi connectivity index (χ4n) is 3.89. The summed E-state index contributed by atoms with van der Waals surface area (Å²) in [5, 5.41) is 19.4. The van der Waals surface area contributed by atoms with Crippen LogP contribution in [0.4, 0.5) is 0 Å². The molecule has 2 saturated heterocycles. The van der Waals surface area contributed by atoms with E-state index in [0.29, 0.717) is 6.42 Å². The van der Waals surface area contributed by atoms with E-state index in [9.17, 15) is 29.4 Å². The van der Waals surface area contributed by atoms with E-state index in [1.54, 1.807) is 0 Å². The molecule has 0 spiro atoms. The molecule has 2 heterocycles. The number of carbonyl (C=O) groups is 4. The van der Waals surface area contributed by atoms with Crippen LogP contribution in [0.1, 0.15) is 32.6 Å². The van der Waals surface area contributed by atoms with Gasteiger partial charge in [-0.3, -0.25) is 14.4 Å². The number of ketones is 2. The second kappa shape index (κ2) is 5.02. The minimum Gasteiger partial charge on any atom is -0.479 e. The second-order valence-electron chi connectivity index (χ2n) is 6.48. The Hall–Kier alpha value is -1.45. The maximum Gasteiger partial charge on any atom is 0.339 e. The number of hydrogen-bond acceptors (Lipinski definition) is 7.